The summed E-state index contributed by atoms with van der Waals surface area (Å²) in [5, 5.41) is 4.60. The number of hydrogen-bond acceptors (Lipinski definition) is 4. The van der Waals surface area contributed by atoms with Crippen LogP contribution in [0.4, 0.5) is 5.82 Å². The van der Waals surface area contributed by atoms with Crippen LogP contribution in [-0.4, -0.2) is 16.3 Å². The molecule has 84 valence electrons. The van der Waals surface area contributed by atoms with Gasteiger partial charge in [0.25, 0.3) is 0 Å². The fourth-order valence-corrected chi connectivity index (χ4v) is 1.66. The van der Waals surface area contributed by atoms with E-state index in [-0.39, 0.29) is 11.6 Å². The third-order valence-electron chi connectivity index (χ3n) is 2.61. The van der Waals surface area contributed by atoms with Crippen LogP contribution in [0.3, 0.4) is 0 Å². The number of nitrogens with one attached hydrogen (secondary N) is 2. The van der Waals surface area contributed by atoms with Crippen LogP contribution in [0.5, 0.6) is 0 Å². The van der Waals surface area contributed by atoms with Gasteiger partial charge in [0.2, 0.25) is 0 Å². The van der Waals surface area contributed by atoms with Gasteiger partial charge in [-0.3, -0.25) is 0 Å². The van der Waals surface area contributed by atoms with Crippen molar-refractivity contribution in [2.45, 2.75) is 38.8 Å². The molecular weight excluding hydrogens is 190 g/mol. The number of nitrogens with zero attached hydrogens (tertiary/aromatic N) is 2. The summed E-state index contributed by atoms with van der Waals surface area (Å²) in [4.78, 5) is 0. The van der Waals surface area contributed by atoms with E-state index in [2.05, 4.69) is 42.8 Å². The molecule has 0 aliphatic carbocycles. The van der Waals surface area contributed by atoms with Gasteiger partial charge in [0.05, 0.1) is 5.69 Å². The summed E-state index contributed by atoms with van der Waals surface area (Å²) in [6, 6.07) is 2.09. The summed E-state index contributed by atoms with van der Waals surface area (Å²) in [6.45, 7) is 7.15. The fourth-order valence-electron chi connectivity index (χ4n) is 1.66. The second-order valence-electron chi connectivity index (χ2n) is 4.97. The van der Waals surface area contributed by atoms with Gasteiger partial charge in [-0.15, -0.1) is 0 Å². The van der Waals surface area contributed by atoms with Crippen LogP contribution in [0.1, 0.15) is 39.1 Å². The molecule has 0 saturated heterocycles. The van der Waals surface area contributed by atoms with Crippen LogP contribution in [0.25, 0.3) is 0 Å². The Bertz CT molecular complexity index is 349. The Balaban J connectivity index is 2.26. The normalized spacial score (nSPS) is 20.1. The SMILES string of the molecule is CC(C)(C)c1cc2n(n1)C(CCN)NN2. The summed E-state index contributed by atoms with van der Waals surface area (Å²) in [7, 11) is 0. The molecule has 1 aromatic rings. The molecule has 0 fully saturated rings. The van der Waals surface area contributed by atoms with Gasteiger partial charge < -0.3 is 11.2 Å². The number of aromatic nitrogens is 2. The number of fused-ring (bicyclic) bond motifs is 1. The highest BCUT2D eigenvalue weighted by Crippen LogP contribution is 2.28. The standard InChI is InChI=1S/C10H19N5/c1-10(2,3)7-6-9-13-12-8(4-5-11)15(9)14-7/h6,8,12-13H,4-5,11H2,1-3H3. The molecular formula is C10H19N5. The molecule has 0 spiro atoms. The first-order valence-corrected chi connectivity index (χ1v) is 5.34. The van der Waals surface area contributed by atoms with Crippen molar-refractivity contribution < 1.29 is 0 Å². The molecule has 0 aromatic carbocycles. The van der Waals surface area contributed by atoms with E-state index in [0.29, 0.717) is 6.54 Å². The highest BCUT2D eigenvalue weighted by atomic mass is 15.6. The Morgan fingerprint density at radius 2 is 2.27 bits per heavy atom. The van der Waals surface area contributed by atoms with E-state index in [1.165, 1.54) is 0 Å². The molecule has 1 aliphatic rings. The summed E-state index contributed by atoms with van der Waals surface area (Å²) in [5.74, 6) is 1.03. The molecule has 1 aromatic heterocycles. The summed E-state index contributed by atoms with van der Waals surface area (Å²) in [6.07, 6.45) is 1.06. The average molecular weight is 209 g/mol. The average Bonchev–Trinajstić information content (AvgIpc) is 2.65. The maximum absolute atomic E-state index is 5.55. The highest BCUT2D eigenvalue weighted by Gasteiger charge is 2.26. The minimum Gasteiger partial charge on any atom is -0.330 e. The van der Waals surface area contributed by atoms with Gasteiger partial charge in [-0.1, -0.05) is 20.8 Å². The second kappa shape index (κ2) is 3.50. The summed E-state index contributed by atoms with van der Waals surface area (Å²) < 4.78 is 1.98. The van der Waals surface area contributed by atoms with Gasteiger partial charge in [-0.25, -0.2) is 10.1 Å². The lowest BCUT2D eigenvalue weighted by Crippen LogP contribution is -2.26. The zero-order valence-electron chi connectivity index (χ0n) is 9.54. The number of rotatable bonds is 2. The monoisotopic (exact) mass is 209 g/mol. The van der Waals surface area contributed by atoms with Crippen molar-refractivity contribution >= 4 is 5.82 Å². The van der Waals surface area contributed by atoms with Crippen molar-refractivity contribution in [3.05, 3.63) is 11.8 Å². The van der Waals surface area contributed by atoms with E-state index in [9.17, 15) is 0 Å². The lowest BCUT2D eigenvalue weighted by atomic mass is 9.92. The fraction of sp³-hybridized carbons (Fsp3) is 0.700. The molecule has 5 heteroatoms. The Hall–Kier alpha value is -1.07. The van der Waals surface area contributed by atoms with Gasteiger partial charge in [0.15, 0.2) is 0 Å². The number of hydrazine groups is 1. The molecule has 1 unspecified atom stereocenters. The van der Waals surface area contributed by atoms with Gasteiger partial charge >= 0.3 is 0 Å². The smallest absolute Gasteiger partial charge is 0.140 e. The van der Waals surface area contributed by atoms with Gasteiger partial charge in [0, 0.05) is 11.5 Å². The van der Waals surface area contributed by atoms with Crippen LogP contribution in [-0.2, 0) is 5.41 Å². The van der Waals surface area contributed by atoms with Crippen molar-refractivity contribution in [2.75, 3.05) is 12.0 Å². The molecule has 0 amide bonds. The maximum atomic E-state index is 5.55. The molecule has 0 saturated carbocycles. The molecule has 0 radical (unpaired) electrons. The lowest BCUT2D eigenvalue weighted by molar-refractivity contribution is 0.408. The van der Waals surface area contributed by atoms with Crippen LogP contribution < -0.4 is 16.6 Å². The molecule has 1 atom stereocenters. The largest absolute Gasteiger partial charge is 0.330 e. The lowest BCUT2D eigenvalue weighted by Gasteiger charge is -2.16. The quantitative estimate of drug-likeness (QED) is 0.678. The molecule has 15 heavy (non-hydrogen) atoms. The molecule has 2 rings (SSSR count). The van der Waals surface area contributed by atoms with E-state index in [1.54, 1.807) is 0 Å². The minimum absolute atomic E-state index is 0.0896. The second-order valence-corrected chi connectivity index (χ2v) is 4.97. The van der Waals surface area contributed by atoms with Crippen molar-refractivity contribution in [2.24, 2.45) is 5.73 Å². The van der Waals surface area contributed by atoms with E-state index < -0.39 is 0 Å². The third-order valence-corrected chi connectivity index (χ3v) is 2.61. The first-order valence-electron chi connectivity index (χ1n) is 5.34. The number of hydrogen-bond donors (Lipinski definition) is 3. The maximum Gasteiger partial charge on any atom is 0.140 e. The zero-order valence-corrected chi connectivity index (χ0v) is 9.54. The van der Waals surface area contributed by atoms with Crippen molar-refractivity contribution in [3.8, 4) is 0 Å². The number of anilines is 1. The number of nitrogens with two attached hydrogens (primary N) is 1. The van der Waals surface area contributed by atoms with Crippen LogP contribution in [0, 0.1) is 0 Å². The molecule has 2 heterocycles. The first kappa shape index (κ1) is 10.4. The first-order chi connectivity index (χ1) is 7.02. The van der Waals surface area contributed by atoms with Crippen LogP contribution in [0.15, 0.2) is 6.07 Å². The predicted octanol–water partition coefficient (Wildman–Crippen LogP) is 0.958. The summed E-state index contributed by atoms with van der Waals surface area (Å²) in [5.41, 5.74) is 13.0. The van der Waals surface area contributed by atoms with Crippen molar-refractivity contribution in [1.82, 2.24) is 15.2 Å². The highest BCUT2D eigenvalue weighted by molar-refractivity contribution is 5.41. The van der Waals surface area contributed by atoms with Gasteiger partial charge in [-0.05, 0) is 13.0 Å². The third kappa shape index (κ3) is 1.85. The van der Waals surface area contributed by atoms with E-state index in [4.69, 9.17) is 5.73 Å². The van der Waals surface area contributed by atoms with E-state index in [1.807, 2.05) is 4.68 Å². The molecule has 5 nitrogen and oxygen atoms in total. The van der Waals surface area contributed by atoms with Crippen molar-refractivity contribution in [3.63, 3.8) is 0 Å². The minimum atomic E-state index is 0.0896. The Morgan fingerprint density at radius 1 is 1.53 bits per heavy atom. The van der Waals surface area contributed by atoms with Crippen molar-refractivity contribution in [1.29, 1.82) is 0 Å². The van der Waals surface area contributed by atoms with E-state index in [0.717, 1.165) is 17.9 Å². The zero-order chi connectivity index (χ0) is 11.1. The van der Waals surface area contributed by atoms with Gasteiger partial charge in [-0.2, -0.15) is 5.10 Å². The molecule has 4 N–H and O–H groups in total. The Labute approximate surface area is 90.0 Å². The molecule has 1 aliphatic heterocycles. The Morgan fingerprint density at radius 3 is 2.87 bits per heavy atom. The molecule has 0 bridgehead atoms. The topological polar surface area (TPSA) is 67.9 Å². The van der Waals surface area contributed by atoms with Crippen LogP contribution >= 0.6 is 0 Å². The van der Waals surface area contributed by atoms with Gasteiger partial charge in [0.1, 0.15) is 12.0 Å². The Kier molecular flexibility index (Phi) is 2.44. The predicted molar refractivity (Wildman–Crippen MR) is 60.4 cm³/mol. The van der Waals surface area contributed by atoms with Crippen LogP contribution in [0.2, 0.25) is 0 Å². The summed E-state index contributed by atoms with van der Waals surface area (Å²) >= 11 is 0. The van der Waals surface area contributed by atoms with E-state index >= 15 is 0 Å².